The third kappa shape index (κ3) is 2.64. The van der Waals surface area contributed by atoms with Crippen molar-refractivity contribution in [2.45, 2.75) is 12.6 Å². The predicted molar refractivity (Wildman–Crippen MR) is 49.1 cm³/mol. The Kier molecular flexibility index (Phi) is 3.63. The molecule has 1 aromatic carbocycles. The summed E-state index contributed by atoms with van der Waals surface area (Å²) in [6, 6.07) is 4.27. The summed E-state index contributed by atoms with van der Waals surface area (Å²) in [5, 5.41) is 0.246. The highest BCUT2D eigenvalue weighted by Gasteiger charge is 2.12. The summed E-state index contributed by atoms with van der Waals surface area (Å²) < 4.78 is 25.9. The van der Waals surface area contributed by atoms with Gasteiger partial charge in [-0.3, -0.25) is 0 Å². The van der Waals surface area contributed by atoms with E-state index >= 15 is 0 Å². The van der Waals surface area contributed by atoms with Crippen molar-refractivity contribution in [3.63, 3.8) is 0 Å². The minimum absolute atomic E-state index is 0.0675. The van der Waals surface area contributed by atoms with Crippen LogP contribution in [0.3, 0.4) is 0 Å². The fraction of sp³-hybridized carbons (Fsp3) is 0.333. The van der Waals surface area contributed by atoms with Crippen molar-refractivity contribution in [1.82, 2.24) is 0 Å². The zero-order chi connectivity index (χ0) is 9.84. The van der Waals surface area contributed by atoms with Crippen LogP contribution in [-0.2, 0) is 6.42 Å². The lowest BCUT2D eigenvalue weighted by Crippen LogP contribution is -2.18. The van der Waals surface area contributed by atoms with Gasteiger partial charge in [-0.15, -0.1) is 0 Å². The van der Waals surface area contributed by atoms with Crippen LogP contribution in [-0.4, -0.2) is 12.7 Å². The molecule has 0 radical (unpaired) electrons. The Morgan fingerprint density at radius 1 is 1.46 bits per heavy atom. The van der Waals surface area contributed by atoms with Crippen molar-refractivity contribution in [3.8, 4) is 0 Å². The van der Waals surface area contributed by atoms with Gasteiger partial charge >= 0.3 is 0 Å². The second kappa shape index (κ2) is 4.53. The molecular weight excluding hydrogens is 196 g/mol. The molecule has 0 bridgehead atoms. The van der Waals surface area contributed by atoms with Gasteiger partial charge in [0.05, 0.1) is 0 Å². The maximum absolute atomic E-state index is 13.1. The average molecular weight is 206 g/mol. The molecule has 2 N–H and O–H groups in total. The van der Waals surface area contributed by atoms with E-state index < -0.39 is 12.0 Å². The molecule has 0 aromatic heterocycles. The first-order valence-electron chi connectivity index (χ1n) is 3.92. The Morgan fingerprint density at radius 2 is 2.15 bits per heavy atom. The van der Waals surface area contributed by atoms with Gasteiger partial charge in [0, 0.05) is 23.6 Å². The lowest BCUT2D eigenvalue weighted by molar-refractivity contribution is 0.337. The Hall–Kier alpha value is -0.670. The van der Waals surface area contributed by atoms with E-state index in [1.165, 1.54) is 18.2 Å². The Balaban J connectivity index is 2.87. The van der Waals surface area contributed by atoms with Gasteiger partial charge in [-0.25, -0.2) is 8.78 Å². The van der Waals surface area contributed by atoms with Crippen molar-refractivity contribution in [2.24, 2.45) is 5.73 Å². The molecule has 1 nitrogen and oxygen atoms in total. The van der Waals surface area contributed by atoms with Crippen LogP contribution in [0.15, 0.2) is 18.2 Å². The maximum atomic E-state index is 13.1. The summed E-state index contributed by atoms with van der Waals surface area (Å²) in [5.74, 6) is -0.483. The van der Waals surface area contributed by atoms with Crippen molar-refractivity contribution in [1.29, 1.82) is 0 Å². The smallest absolute Gasteiger partial charge is 0.127 e. The van der Waals surface area contributed by atoms with Crippen molar-refractivity contribution in [2.75, 3.05) is 6.54 Å². The molecule has 1 aromatic rings. The molecule has 0 fully saturated rings. The first-order valence-corrected chi connectivity index (χ1v) is 4.30. The normalized spacial score (nSPS) is 12.9. The van der Waals surface area contributed by atoms with E-state index in [9.17, 15) is 8.78 Å². The summed E-state index contributed by atoms with van der Waals surface area (Å²) >= 11 is 5.68. The number of hydrogen-bond acceptors (Lipinski definition) is 1. The van der Waals surface area contributed by atoms with E-state index in [0.717, 1.165) is 0 Å². The number of nitrogens with two attached hydrogens (primary N) is 1. The van der Waals surface area contributed by atoms with E-state index in [1.807, 2.05) is 0 Å². The fourth-order valence-corrected chi connectivity index (χ4v) is 1.27. The molecule has 0 saturated carbocycles. The molecule has 0 spiro atoms. The Morgan fingerprint density at radius 3 is 2.69 bits per heavy atom. The van der Waals surface area contributed by atoms with E-state index in [0.29, 0.717) is 0 Å². The molecule has 1 unspecified atom stereocenters. The molecular formula is C9H10ClF2N. The number of benzene rings is 1. The molecule has 4 heteroatoms. The third-order valence-electron chi connectivity index (χ3n) is 1.74. The van der Waals surface area contributed by atoms with E-state index in [1.54, 1.807) is 0 Å². The van der Waals surface area contributed by atoms with Crippen molar-refractivity contribution >= 4 is 11.6 Å². The van der Waals surface area contributed by atoms with Crippen LogP contribution >= 0.6 is 11.6 Å². The summed E-state index contributed by atoms with van der Waals surface area (Å²) in [6.45, 7) is -0.120. The maximum Gasteiger partial charge on any atom is 0.127 e. The second-order valence-electron chi connectivity index (χ2n) is 2.74. The number of hydrogen-bond donors (Lipinski definition) is 1. The highest BCUT2D eigenvalue weighted by atomic mass is 35.5. The van der Waals surface area contributed by atoms with Crippen LogP contribution in [0.5, 0.6) is 0 Å². The second-order valence-corrected chi connectivity index (χ2v) is 3.14. The molecule has 72 valence electrons. The standard InChI is InChI=1S/C9H10ClF2N/c10-8-2-1-3-9(12)7(8)4-6(11)5-13/h1-3,6H,4-5,13H2. The first-order chi connectivity index (χ1) is 6.15. The largest absolute Gasteiger partial charge is 0.328 e. The number of halogens is 3. The summed E-state index contributed by atoms with van der Waals surface area (Å²) in [4.78, 5) is 0. The molecule has 1 atom stereocenters. The SMILES string of the molecule is NCC(F)Cc1c(F)cccc1Cl. The average Bonchev–Trinajstić information content (AvgIpc) is 2.11. The summed E-state index contributed by atoms with van der Waals surface area (Å²) in [5.41, 5.74) is 5.28. The van der Waals surface area contributed by atoms with Crippen LogP contribution in [0.2, 0.25) is 5.02 Å². The van der Waals surface area contributed by atoms with E-state index in [-0.39, 0.29) is 23.6 Å². The molecule has 0 heterocycles. The Labute approximate surface area is 80.5 Å². The summed E-state index contributed by atoms with van der Waals surface area (Å²) in [7, 11) is 0. The molecule has 0 saturated heterocycles. The molecule has 0 aliphatic rings. The minimum Gasteiger partial charge on any atom is -0.328 e. The van der Waals surface area contributed by atoms with E-state index in [2.05, 4.69) is 0 Å². The zero-order valence-corrected chi connectivity index (χ0v) is 7.69. The lowest BCUT2D eigenvalue weighted by atomic mass is 10.1. The van der Waals surface area contributed by atoms with Crippen LogP contribution in [0.1, 0.15) is 5.56 Å². The van der Waals surface area contributed by atoms with E-state index in [4.69, 9.17) is 17.3 Å². The molecule has 0 aliphatic heterocycles. The van der Waals surface area contributed by atoms with Gasteiger partial charge in [-0.05, 0) is 12.1 Å². The molecule has 0 aliphatic carbocycles. The van der Waals surface area contributed by atoms with Gasteiger partial charge in [0.1, 0.15) is 12.0 Å². The van der Waals surface area contributed by atoms with Gasteiger partial charge in [-0.2, -0.15) is 0 Å². The van der Waals surface area contributed by atoms with Crippen LogP contribution in [0, 0.1) is 5.82 Å². The highest BCUT2D eigenvalue weighted by Crippen LogP contribution is 2.20. The predicted octanol–water partition coefficient (Wildman–Crippen LogP) is 2.32. The number of alkyl halides is 1. The molecule has 0 amide bonds. The monoisotopic (exact) mass is 205 g/mol. The lowest BCUT2D eigenvalue weighted by Gasteiger charge is -2.07. The van der Waals surface area contributed by atoms with Crippen molar-refractivity contribution in [3.05, 3.63) is 34.6 Å². The highest BCUT2D eigenvalue weighted by molar-refractivity contribution is 6.31. The van der Waals surface area contributed by atoms with Gasteiger partial charge < -0.3 is 5.73 Å². The summed E-state index contributed by atoms with van der Waals surface area (Å²) in [6.07, 6.45) is -1.31. The van der Waals surface area contributed by atoms with Gasteiger partial charge in [0.2, 0.25) is 0 Å². The van der Waals surface area contributed by atoms with Crippen molar-refractivity contribution < 1.29 is 8.78 Å². The first kappa shape index (κ1) is 10.4. The minimum atomic E-state index is -1.24. The quantitative estimate of drug-likeness (QED) is 0.805. The Bertz CT molecular complexity index is 271. The topological polar surface area (TPSA) is 26.0 Å². The van der Waals surface area contributed by atoms with Crippen LogP contribution in [0.4, 0.5) is 8.78 Å². The van der Waals surface area contributed by atoms with Crippen LogP contribution < -0.4 is 5.73 Å². The molecule has 1 rings (SSSR count). The zero-order valence-electron chi connectivity index (χ0n) is 6.93. The van der Waals surface area contributed by atoms with Gasteiger partial charge in [-0.1, -0.05) is 17.7 Å². The van der Waals surface area contributed by atoms with Crippen LogP contribution in [0.25, 0.3) is 0 Å². The fourth-order valence-electron chi connectivity index (χ4n) is 1.03. The number of rotatable bonds is 3. The molecule has 13 heavy (non-hydrogen) atoms. The van der Waals surface area contributed by atoms with Gasteiger partial charge in [0.25, 0.3) is 0 Å². The third-order valence-corrected chi connectivity index (χ3v) is 2.10. The van der Waals surface area contributed by atoms with Gasteiger partial charge in [0.15, 0.2) is 0 Å².